The van der Waals surface area contributed by atoms with Crippen LogP contribution < -0.4 is 10.6 Å². The zero-order chi connectivity index (χ0) is 23.5. The van der Waals surface area contributed by atoms with Crippen LogP contribution in [0.4, 0.5) is 0 Å². The Balaban J connectivity index is 2.22. The van der Waals surface area contributed by atoms with Crippen LogP contribution >= 0.6 is 23.4 Å². The van der Waals surface area contributed by atoms with Gasteiger partial charge in [0.2, 0.25) is 22.8 Å². The van der Waals surface area contributed by atoms with Crippen LogP contribution in [0.15, 0.2) is 16.4 Å². The molecule has 2 unspecified atom stereocenters. The van der Waals surface area contributed by atoms with Gasteiger partial charge in [0, 0.05) is 25.3 Å². The highest BCUT2D eigenvalue weighted by Crippen LogP contribution is 2.40. The Morgan fingerprint density at radius 2 is 1.97 bits per heavy atom. The molecular weight excluding hydrogens is 460 g/mol. The van der Waals surface area contributed by atoms with Crippen LogP contribution in [0.5, 0.6) is 0 Å². The minimum absolute atomic E-state index is 0.0938. The molecule has 31 heavy (non-hydrogen) atoms. The number of carboxylic acid groups (broad SMARTS) is 1. The number of esters is 1. The average molecular weight is 477 g/mol. The molecule has 0 aromatic carbocycles. The minimum atomic E-state index is -2.03. The molecule has 0 aromatic rings. The first kappa shape index (κ1) is 24.1. The molecule has 0 aromatic heterocycles. The fraction of sp³-hybridized carbons (Fsp3) is 0.438. The van der Waals surface area contributed by atoms with Gasteiger partial charge in [-0.2, -0.15) is 0 Å². The first-order valence-corrected chi connectivity index (χ1v) is 9.94. The summed E-state index contributed by atoms with van der Waals surface area (Å²) >= 11 is 6.50. The number of β-lactam (4-membered cyclic amide) rings is 1. The molecule has 0 spiro atoms. The SMILES string of the molecule is CNC(=O)C(C(=O)NC1C(=O)N2C(C(=O)O)=C(COC(C)=O)CS[C@H]12)C(=O)C(Cl)=NO. The number of thioether (sulfide) groups is 1. The van der Waals surface area contributed by atoms with Gasteiger partial charge < -0.3 is 25.7 Å². The predicted molar refractivity (Wildman–Crippen MR) is 104 cm³/mol. The van der Waals surface area contributed by atoms with Gasteiger partial charge in [0.05, 0.1) is 0 Å². The Hall–Kier alpha value is -3.13. The van der Waals surface area contributed by atoms with E-state index in [4.69, 9.17) is 21.5 Å². The standard InChI is InChI=1S/C16H17ClN4O9S/c1-5(22)30-3-6-4-31-15-8(14(26)21(15)9(6)16(27)28)19-13(25)7(12(24)18-2)10(23)11(17)20-29/h7-8,15,29H,3-4H2,1-2H3,(H,18,24)(H,19,25)(H,27,28)/t7?,8?,15-/m1/s1. The normalized spacial score (nSPS) is 21.5. The first-order valence-electron chi connectivity index (χ1n) is 8.52. The molecule has 0 radical (unpaired) electrons. The second-order valence-corrected chi connectivity index (χ2v) is 7.70. The van der Waals surface area contributed by atoms with Crippen molar-refractivity contribution >= 4 is 64.0 Å². The van der Waals surface area contributed by atoms with E-state index in [9.17, 15) is 33.9 Å². The number of aliphatic carboxylic acids is 1. The number of nitrogens with zero attached hydrogens (tertiary/aromatic N) is 2. The molecule has 4 N–H and O–H groups in total. The van der Waals surface area contributed by atoms with Gasteiger partial charge in [0.15, 0.2) is 5.92 Å². The number of amides is 3. The van der Waals surface area contributed by atoms with Gasteiger partial charge >= 0.3 is 11.9 Å². The topological polar surface area (TPSA) is 192 Å². The van der Waals surface area contributed by atoms with Crippen molar-refractivity contribution < 1.29 is 43.8 Å². The lowest BCUT2D eigenvalue weighted by Gasteiger charge is -2.49. The van der Waals surface area contributed by atoms with Crippen molar-refractivity contribution in [1.82, 2.24) is 15.5 Å². The van der Waals surface area contributed by atoms with Crippen LogP contribution in [0.2, 0.25) is 0 Å². The lowest BCUT2D eigenvalue weighted by molar-refractivity contribution is -0.152. The van der Waals surface area contributed by atoms with Gasteiger partial charge in [-0.3, -0.25) is 28.9 Å². The van der Waals surface area contributed by atoms with Crippen molar-refractivity contribution in [2.75, 3.05) is 19.4 Å². The van der Waals surface area contributed by atoms with Crippen LogP contribution in [0, 0.1) is 5.92 Å². The molecule has 168 valence electrons. The van der Waals surface area contributed by atoms with E-state index in [2.05, 4.69) is 15.8 Å². The molecule has 1 fully saturated rings. The number of nitrogens with one attached hydrogen (secondary N) is 2. The second kappa shape index (κ2) is 9.78. The molecular formula is C16H17ClN4O9S. The maximum atomic E-state index is 12.6. The Morgan fingerprint density at radius 1 is 1.32 bits per heavy atom. The fourth-order valence-electron chi connectivity index (χ4n) is 2.89. The minimum Gasteiger partial charge on any atom is -0.477 e. The summed E-state index contributed by atoms with van der Waals surface area (Å²) in [6.45, 7) is 0.835. The Labute approximate surface area is 183 Å². The van der Waals surface area contributed by atoms with Crippen LogP contribution in [0.3, 0.4) is 0 Å². The van der Waals surface area contributed by atoms with E-state index in [1.165, 1.54) is 0 Å². The number of ether oxygens (including phenoxy) is 1. The zero-order valence-electron chi connectivity index (χ0n) is 16.1. The van der Waals surface area contributed by atoms with E-state index in [0.717, 1.165) is 30.6 Å². The number of fused-ring (bicyclic) bond motifs is 1. The summed E-state index contributed by atoms with van der Waals surface area (Å²) in [7, 11) is 1.15. The van der Waals surface area contributed by atoms with Gasteiger partial charge in [0.25, 0.3) is 5.91 Å². The predicted octanol–water partition coefficient (Wildman–Crippen LogP) is -1.75. The highest BCUT2D eigenvalue weighted by atomic mass is 35.5. The summed E-state index contributed by atoms with van der Waals surface area (Å²) in [5, 5.41) is 23.1. The number of Topliss-reactive ketones (excluding diaryl/α,β-unsaturated/α-hetero) is 1. The molecule has 15 heteroatoms. The summed E-state index contributed by atoms with van der Waals surface area (Å²) < 4.78 is 4.82. The van der Waals surface area contributed by atoms with Crippen LogP contribution in [0.1, 0.15) is 6.92 Å². The first-order chi connectivity index (χ1) is 14.5. The summed E-state index contributed by atoms with van der Waals surface area (Å²) in [5.41, 5.74) is -0.165. The summed E-state index contributed by atoms with van der Waals surface area (Å²) in [4.78, 5) is 72.8. The summed E-state index contributed by atoms with van der Waals surface area (Å²) in [6, 6.07) is -1.23. The second-order valence-electron chi connectivity index (χ2n) is 6.24. The van der Waals surface area contributed by atoms with Gasteiger partial charge in [-0.1, -0.05) is 16.8 Å². The van der Waals surface area contributed by atoms with Crippen molar-refractivity contribution in [3.05, 3.63) is 11.3 Å². The average Bonchev–Trinajstić information content (AvgIpc) is 2.74. The number of carboxylic acids is 1. The molecule has 2 aliphatic rings. The number of ketones is 1. The molecule has 2 aliphatic heterocycles. The lowest BCUT2D eigenvalue weighted by Crippen LogP contribution is -2.71. The maximum absolute atomic E-state index is 12.6. The molecule has 3 amide bonds. The third kappa shape index (κ3) is 4.80. The van der Waals surface area contributed by atoms with Crippen LogP contribution in [-0.4, -0.2) is 86.7 Å². The van der Waals surface area contributed by atoms with Crippen molar-refractivity contribution in [3.8, 4) is 0 Å². The van der Waals surface area contributed by atoms with Crippen LogP contribution in [-0.2, 0) is 33.5 Å². The summed E-state index contributed by atoms with van der Waals surface area (Å²) in [5.74, 6) is -8.32. The van der Waals surface area contributed by atoms with Crippen molar-refractivity contribution in [2.24, 2.45) is 11.1 Å². The molecule has 2 rings (SSSR count). The zero-order valence-corrected chi connectivity index (χ0v) is 17.7. The van der Waals surface area contributed by atoms with Gasteiger partial charge in [-0.15, -0.1) is 11.8 Å². The maximum Gasteiger partial charge on any atom is 0.352 e. The van der Waals surface area contributed by atoms with E-state index >= 15 is 0 Å². The van der Waals surface area contributed by atoms with Gasteiger partial charge in [-0.25, -0.2) is 4.79 Å². The number of rotatable bonds is 8. The molecule has 13 nitrogen and oxygen atoms in total. The van der Waals surface area contributed by atoms with E-state index in [1.807, 2.05) is 0 Å². The largest absolute Gasteiger partial charge is 0.477 e. The van der Waals surface area contributed by atoms with Crippen molar-refractivity contribution in [1.29, 1.82) is 0 Å². The molecule has 3 atom stereocenters. The Morgan fingerprint density at radius 3 is 2.48 bits per heavy atom. The highest BCUT2D eigenvalue weighted by molar-refractivity contribution is 8.00. The lowest BCUT2D eigenvalue weighted by atomic mass is 9.99. The quantitative estimate of drug-likeness (QED) is 0.0779. The third-order valence-corrected chi connectivity index (χ3v) is 5.92. The molecule has 2 heterocycles. The molecule has 0 bridgehead atoms. The number of oxime groups is 1. The summed E-state index contributed by atoms with van der Waals surface area (Å²) in [6.07, 6.45) is 0. The Bertz CT molecular complexity index is 919. The molecule has 1 saturated heterocycles. The fourth-order valence-corrected chi connectivity index (χ4v) is 4.33. The van der Waals surface area contributed by atoms with Crippen LogP contribution in [0.25, 0.3) is 0 Å². The number of halogens is 1. The number of carbonyl (C=O) groups excluding carboxylic acids is 5. The van der Waals surface area contributed by atoms with E-state index in [-0.39, 0.29) is 23.6 Å². The highest BCUT2D eigenvalue weighted by Gasteiger charge is 2.55. The third-order valence-electron chi connectivity index (χ3n) is 4.32. The van der Waals surface area contributed by atoms with E-state index in [0.29, 0.717) is 0 Å². The molecule has 0 aliphatic carbocycles. The van der Waals surface area contributed by atoms with Gasteiger partial charge in [0.1, 0.15) is 23.7 Å². The van der Waals surface area contributed by atoms with Crippen molar-refractivity contribution in [2.45, 2.75) is 18.3 Å². The van der Waals surface area contributed by atoms with E-state index in [1.54, 1.807) is 0 Å². The molecule has 0 saturated carbocycles. The number of hydrogen-bond donors (Lipinski definition) is 4. The number of hydrogen-bond acceptors (Lipinski definition) is 10. The van der Waals surface area contributed by atoms with Crippen molar-refractivity contribution in [3.63, 3.8) is 0 Å². The smallest absolute Gasteiger partial charge is 0.352 e. The number of carbonyl (C=O) groups is 6. The van der Waals surface area contributed by atoms with E-state index < -0.39 is 57.9 Å². The monoisotopic (exact) mass is 476 g/mol. The Kier molecular flexibility index (Phi) is 7.62. The van der Waals surface area contributed by atoms with Gasteiger partial charge in [-0.05, 0) is 0 Å².